The molecule has 0 aliphatic heterocycles. The van der Waals surface area contributed by atoms with E-state index in [-0.39, 0.29) is 21.5 Å². The lowest BCUT2D eigenvalue weighted by atomic mass is 10.3. The summed E-state index contributed by atoms with van der Waals surface area (Å²) in [5.74, 6) is -0.552. The van der Waals surface area contributed by atoms with Gasteiger partial charge in [-0.2, -0.15) is 0 Å². The van der Waals surface area contributed by atoms with Crippen molar-refractivity contribution in [3.05, 3.63) is 48.5 Å². The average molecular weight is 436 g/mol. The third-order valence-electron chi connectivity index (χ3n) is 3.68. The second kappa shape index (κ2) is 7.26. The van der Waals surface area contributed by atoms with Gasteiger partial charge < -0.3 is 4.74 Å². The second-order valence-corrected chi connectivity index (χ2v) is 9.44. The maximum Gasteiger partial charge on any atom is 0.573 e. The van der Waals surface area contributed by atoms with Crippen molar-refractivity contribution in [3.63, 3.8) is 0 Å². The molecule has 3 rings (SSSR count). The largest absolute Gasteiger partial charge is 0.573 e. The quantitative estimate of drug-likeness (QED) is 0.695. The molecule has 0 heterocycles. The molecule has 2 aromatic carbocycles. The van der Waals surface area contributed by atoms with Gasteiger partial charge in [0.25, 0.3) is 10.0 Å². The van der Waals surface area contributed by atoms with E-state index in [0.29, 0.717) is 0 Å². The zero-order valence-electron chi connectivity index (χ0n) is 14.1. The minimum atomic E-state index is -4.88. The van der Waals surface area contributed by atoms with Gasteiger partial charge in [0.1, 0.15) is 5.75 Å². The molecule has 2 aromatic rings. The molecule has 0 spiro atoms. The van der Waals surface area contributed by atoms with Crippen LogP contribution in [0.5, 0.6) is 5.75 Å². The molecule has 1 aliphatic rings. The number of hydrogen-bond acceptors (Lipinski definition) is 5. The van der Waals surface area contributed by atoms with Crippen molar-refractivity contribution >= 4 is 25.7 Å². The van der Waals surface area contributed by atoms with Crippen LogP contribution in [-0.2, 0) is 20.0 Å². The van der Waals surface area contributed by atoms with Gasteiger partial charge in [0.2, 0.25) is 10.0 Å². The average Bonchev–Trinajstić information content (AvgIpc) is 3.37. The van der Waals surface area contributed by atoms with E-state index >= 15 is 0 Å². The Bertz CT molecular complexity index is 1050. The highest BCUT2D eigenvalue weighted by Crippen LogP contribution is 2.26. The van der Waals surface area contributed by atoms with E-state index in [0.717, 1.165) is 37.1 Å². The zero-order chi connectivity index (χ0) is 20.6. The summed E-state index contributed by atoms with van der Waals surface area (Å²) in [6, 6.07) is 8.67. The van der Waals surface area contributed by atoms with Crippen LogP contribution in [0, 0.1) is 0 Å². The van der Waals surface area contributed by atoms with E-state index in [2.05, 4.69) is 14.2 Å². The Labute approximate surface area is 159 Å². The van der Waals surface area contributed by atoms with Gasteiger partial charge in [-0.1, -0.05) is 0 Å². The molecular formula is C16H15F3N2O5S2. The molecule has 0 aromatic heterocycles. The number of anilines is 1. The highest BCUT2D eigenvalue weighted by molar-refractivity contribution is 7.92. The molecule has 0 amide bonds. The van der Waals surface area contributed by atoms with E-state index in [1.54, 1.807) is 0 Å². The Morgan fingerprint density at radius 1 is 0.821 bits per heavy atom. The Morgan fingerprint density at radius 3 is 1.82 bits per heavy atom. The van der Waals surface area contributed by atoms with Gasteiger partial charge in [-0.15, -0.1) is 13.2 Å². The van der Waals surface area contributed by atoms with E-state index in [4.69, 9.17) is 0 Å². The second-order valence-electron chi connectivity index (χ2n) is 6.04. The molecule has 28 heavy (non-hydrogen) atoms. The molecule has 152 valence electrons. The first kappa shape index (κ1) is 20.4. The van der Waals surface area contributed by atoms with Gasteiger partial charge >= 0.3 is 6.36 Å². The van der Waals surface area contributed by atoms with Crippen molar-refractivity contribution in [1.29, 1.82) is 0 Å². The summed E-state index contributed by atoms with van der Waals surface area (Å²) in [4.78, 5) is -0.287. The Balaban J connectivity index is 1.71. The summed E-state index contributed by atoms with van der Waals surface area (Å²) >= 11 is 0. The number of hydrogen-bond donors (Lipinski definition) is 2. The standard InChI is InChI=1S/C16H15F3N2O5S2/c17-16(18,19)26-13-5-9-15(10-6-13)28(24,25)21-12-3-7-14(8-4-12)27(22,23)20-11-1-2-11/h3-11,20-21H,1-2H2. The number of benzene rings is 2. The molecule has 1 fully saturated rings. The topological polar surface area (TPSA) is 102 Å². The summed E-state index contributed by atoms with van der Waals surface area (Å²) in [5.41, 5.74) is 0.0981. The summed E-state index contributed by atoms with van der Waals surface area (Å²) in [6.07, 6.45) is -3.32. The highest BCUT2D eigenvalue weighted by Gasteiger charge is 2.31. The number of rotatable bonds is 7. The normalized spacial score (nSPS) is 15.2. The molecule has 0 unspecified atom stereocenters. The molecule has 0 radical (unpaired) electrons. The molecule has 7 nitrogen and oxygen atoms in total. The van der Waals surface area contributed by atoms with Crippen LogP contribution < -0.4 is 14.2 Å². The minimum absolute atomic E-state index is 0.00370. The summed E-state index contributed by atoms with van der Waals surface area (Å²) in [7, 11) is -7.75. The van der Waals surface area contributed by atoms with Crippen LogP contribution in [0.25, 0.3) is 0 Å². The SMILES string of the molecule is O=S(=O)(Nc1ccc(S(=O)(=O)NC2CC2)cc1)c1ccc(OC(F)(F)F)cc1. The first-order valence-electron chi connectivity index (χ1n) is 7.96. The summed E-state index contributed by atoms with van der Waals surface area (Å²) < 4.78 is 93.7. The Morgan fingerprint density at radius 2 is 1.32 bits per heavy atom. The lowest BCUT2D eigenvalue weighted by Crippen LogP contribution is -2.25. The maximum atomic E-state index is 12.3. The summed E-state index contributed by atoms with van der Waals surface area (Å²) in [6.45, 7) is 0. The smallest absolute Gasteiger partial charge is 0.406 e. The zero-order valence-corrected chi connectivity index (χ0v) is 15.7. The van der Waals surface area contributed by atoms with Crippen molar-refractivity contribution in [2.75, 3.05) is 4.72 Å². The van der Waals surface area contributed by atoms with Gasteiger partial charge in [-0.05, 0) is 61.4 Å². The van der Waals surface area contributed by atoms with Crippen LogP contribution in [-0.4, -0.2) is 29.2 Å². The number of nitrogens with one attached hydrogen (secondary N) is 2. The van der Waals surface area contributed by atoms with Crippen molar-refractivity contribution in [1.82, 2.24) is 4.72 Å². The number of halogens is 3. The van der Waals surface area contributed by atoms with Crippen molar-refractivity contribution in [3.8, 4) is 5.75 Å². The molecule has 1 saturated carbocycles. The van der Waals surface area contributed by atoms with Crippen LogP contribution in [0.2, 0.25) is 0 Å². The molecule has 12 heteroatoms. The predicted molar refractivity (Wildman–Crippen MR) is 93.7 cm³/mol. The minimum Gasteiger partial charge on any atom is -0.406 e. The van der Waals surface area contributed by atoms with Crippen molar-refractivity contribution < 1.29 is 34.7 Å². The highest BCUT2D eigenvalue weighted by atomic mass is 32.2. The molecule has 2 N–H and O–H groups in total. The predicted octanol–water partition coefficient (Wildman–Crippen LogP) is 2.83. The van der Waals surface area contributed by atoms with E-state index in [1.165, 1.54) is 24.3 Å². The van der Waals surface area contributed by atoms with Crippen molar-refractivity contribution in [2.45, 2.75) is 35.0 Å². The van der Waals surface area contributed by atoms with E-state index in [9.17, 15) is 30.0 Å². The number of ether oxygens (including phenoxy) is 1. The van der Waals surface area contributed by atoms with Crippen LogP contribution in [0.4, 0.5) is 18.9 Å². The van der Waals surface area contributed by atoms with Crippen LogP contribution in [0.1, 0.15) is 12.8 Å². The molecular weight excluding hydrogens is 421 g/mol. The van der Waals surface area contributed by atoms with Crippen LogP contribution in [0.3, 0.4) is 0 Å². The molecule has 1 aliphatic carbocycles. The fraction of sp³-hybridized carbons (Fsp3) is 0.250. The Kier molecular flexibility index (Phi) is 5.30. The fourth-order valence-corrected chi connectivity index (χ4v) is 4.59. The molecule has 0 atom stereocenters. The number of alkyl halides is 3. The van der Waals surface area contributed by atoms with Crippen LogP contribution >= 0.6 is 0 Å². The van der Waals surface area contributed by atoms with Gasteiger partial charge in [0.15, 0.2) is 0 Å². The van der Waals surface area contributed by atoms with Gasteiger partial charge in [-0.25, -0.2) is 21.6 Å². The monoisotopic (exact) mass is 436 g/mol. The lowest BCUT2D eigenvalue weighted by Gasteiger charge is -2.11. The van der Waals surface area contributed by atoms with E-state index < -0.39 is 32.2 Å². The molecule has 0 bridgehead atoms. The maximum absolute atomic E-state index is 12.3. The first-order valence-corrected chi connectivity index (χ1v) is 10.9. The van der Waals surface area contributed by atoms with Gasteiger partial charge in [0, 0.05) is 11.7 Å². The Hall–Kier alpha value is -2.31. The van der Waals surface area contributed by atoms with Gasteiger partial charge in [0.05, 0.1) is 9.79 Å². The van der Waals surface area contributed by atoms with Gasteiger partial charge in [-0.3, -0.25) is 4.72 Å². The van der Waals surface area contributed by atoms with Crippen molar-refractivity contribution in [2.24, 2.45) is 0 Å². The van der Waals surface area contributed by atoms with Crippen LogP contribution in [0.15, 0.2) is 58.3 Å². The summed E-state index contributed by atoms with van der Waals surface area (Å²) in [5, 5.41) is 0. The number of sulfonamides is 2. The lowest BCUT2D eigenvalue weighted by molar-refractivity contribution is -0.274. The first-order chi connectivity index (χ1) is 12.9. The third kappa shape index (κ3) is 5.36. The third-order valence-corrected chi connectivity index (χ3v) is 6.62. The fourth-order valence-electron chi connectivity index (χ4n) is 2.23. The van der Waals surface area contributed by atoms with E-state index in [1.807, 2.05) is 0 Å². The molecule has 0 saturated heterocycles.